The summed E-state index contributed by atoms with van der Waals surface area (Å²) >= 11 is 5.97. The van der Waals surface area contributed by atoms with E-state index in [0.29, 0.717) is 17.3 Å². The van der Waals surface area contributed by atoms with E-state index < -0.39 is 0 Å². The predicted octanol–water partition coefficient (Wildman–Crippen LogP) is 4.84. The van der Waals surface area contributed by atoms with Gasteiger partial charge in [-0.2, -0.15) is 0 Å². The molecule has 0 aliphatic carbocycles. The van der Waals surface area contributed by atoms with Crippen LogP contribution in [-0.4, -0.2) is 17.4 Å². The van der Waals surface area contributed by atoms with Crippen LogP contribution in [0.3, 0.4) is 0 Å². The van der Waals surface area contributed by atoms with Crippen molar-refractivity contribution < 1.29 is 4.79 Å². The molecule has 0 saturated carbocycles. The predicted molar refractivity (Wildman–Crippen MR) is 106 cm³/mol. The third-order valence-corrected chi connectivity index (χ3v) is 4.12. The molecule has 3 aromatic rings. The number of amides is 1. The van der Waals surface area contributed by atoms with Crippen molar-refractivity contribution in [2.45, 2.75) is 12.8 Å². The Labute approximate surface area is 158 Å². The van der Waals surface area contributed by atoms with Crippen molar-refractivity contribution in [3.05, 3.63) is 89.2 Å². The summed E-state index contributed by atoms with van der Waals surface area (Å²) in [5.74, 6) is -0.160. The highest BCUT2D eigenvalue weighted by molar-refractivity contribution is 6.30. The van der Waals surface area contributed by atoms with Crippen molar-refractivity contribution in [2.75, 3.05) is 11.9 Å². The Morgan fingerprint density at radius 1 is 0.962 bits per heavy atom. The lowest BCUT2D eigenvalue weighted by Crippen LogP contribution is -2.25. The van der Waals surface area contributed by atoms with Gasteiger partial charge in [-0.05, 0) is 48.7 Å². The van der Waals surface area contributed by atoms with Gasteiger partial charge in [-0.15, -0.1) is 0 Å². The quantitative estimate of drug-likeness (QED) is 0.589. The summed E-state index contributed by atoms with van der Waals surface area (Å²) < 4.78 is 0. The molecule has 1 amide bonds. The number of benzene rings is 2. The molecule has 1 heterocycles. The van der Waals surface area contributed by atoms with Crippen molar-refractivity contribution in [1.82, 2.24) is 10.3 Å². The summed E-state index contributed by atoms with van der Waals surface area (Å²) in [7, 11) is 0. The van der Waals surface area contributed by atoms with Crippen molar-refractivity contribution in [3.8, 4) is 0 Å². The summed E-state index contributed by atoms with van der Waals surface area (Å²) in [4.78, 5) is 16.4. The second-order valence-corrected chi connectivity index (χ2v) is 6.35. The molecule has 0 fully saturated rings. The van der Waals surface area contributed by atoms with Gasteiger partial charge < -0.3 is 10.6 Å². The number of hydrogen-bond donors (Lipinski definition) is 2. The number of carbonyl (C=O) groups excluding carboxylic acids is 1. The van der Waals surface area contributed by atoms with E-state index in [1.165, 1.54) is 5.56 Å². The lowest BCUT2D eigenvalue weighted by Gasteiger charge is -2.08. The molecule has 4 nitrogen and oxygen atoms in total. The van der Waals surface area contributed by atoms with Crippen molar-refractivity contribution >= 4 is 28.9 Å². The minimum atomic E-state index is -0.160. The number of carbonyl (C=O) groups is 1. The fourth-order valence-corrected chi connectivity index (χ4v) is 2.75. The zero-order valence-electron chi connectivity index (χ0n) is 14.3. The first-order valence-electron chi connectivity index (χ1n) is 8.51. The molecule has 1 aromatic heterocycles. The molecule has 26 heavy (non-hydrogen) atoms. The summed E-state index contributed by atoms with van der Waals surface area (Å²) in [5.41, 5.74) is 3.35. The third kappa shape index (κ3) is 5.33. The second kappa shape index (κ2) is 9.02. The zero-order valence-corrected chi connectivity index (χ0v) is 15.0. The second-order valence-electron chi connectivity index (χ2n) is 5.91. The van der Waals surface area contributed by atoms with Crippen LogP contribution in [0.25, 0.3) is 0 Å². The van der Waals surface area contributed by atoms with E-state index in [2.05, 4.69) is 27.8 Å². The fraction of sp³-hybridized carbons (Fsp3) is 0.143. The topological polar surface area (TPSA) is 54.0 Å². The van der Waals surface area contributed by atoms with E-state index in [4.69, 9.17) is 11.6 Å². The third-order valence-electron chi connectivity index (χ3n) is 3.88. The van der Waals surface area contributed by atoms with E-state index >= 15 is 0 Å². The summed E-state index contributed by atoms with van der Waals surface area (Å²) in [6, 6.07) is 21.2. The van der Waals surface area contributed by atoms with Crippen LogP contribution in [0.5, 0.6) is 0 Å². The number of hydrogen-bond acceptors (Lipinski definition) is 3. The molecule has 5 heteroatoms. The Morgan fingerprint density at radius 2 is 1.81 bits per heavy atom. The number of rotatable bonds is 7. The maximum atomic E-state index is 12.2. The van der Waals surface area contributed by atoms with Gasteiger partial charge in [0, 0.05) is 17.3 Å². The van der Waals surface area contributed by atoms with Gasteiger partial charge >= 0.3 is 0 Å². The van der Waals surface area contributed by atoms with E-state index in [0.717, 1.165) is 24.2 Å². The van der Waals surface area contributed by atoms with Crippen LogP contribution < -0.4 is 10.6 Å². The molecular formula is C21H20ClN3O. The van der Waals surface area contributed by atoms with Gasteiger partial charge in [0.25, 0.3) is 5.91 Å². The van der Waals surface area contributed by atoms with Gasteiger partial charge in [0.1, 0.15) is 5.69 Å². The average molecular weight is 366 g/mol. The molecule has 0 bridgehead atoms. The first-order valence-corrected chi connectivity index (χ1v) is 8.89. The highest BCUT2D eigenvalue weighted by Gasteiger charge is 2.06. The van der Waals surface area contributed by atoms with Crippen LogP contribution in [0.2, 0.25) is 5.02 Å². The molecule has 0 saturated heterocycles. The minimum absolute atomic E-state index is 0.160. The van der Waals surface area contributed by atoms with Crippen molar-refractivity contribution in [2.24, 2.45) is 0 Å². The normalized spacial score (nSPS) is 10.3. The molecule has 0 aliphatic heterocycles. The Morgan fingerprint density at radius 3 is 2.54 bits per heavy atom. The number of aryl methyl sites for hydroxylation is 1. The standard InChI is InChI=1S/C21H20ClN3O/c22-17-9-4-10-18(14-17)25-19-11-12-20(24-15-19)21(26)23-13-5-8-16-6-2-1-3-7-16/h1-4,6-7,9-12,14-15,25H,5,8,13H2,(H,23,26). The molecule has 0 unspecified atom stereocenters. The molecule has 0 radical (unpaired) electrons. The van der Waals surface area contributed by atoms with Crippen LogP contribution in [0, 0.1) is 0 Å². The van der Waals surface area contributed by atoms with Crippen molar-refractivity contribution in [3.63, 3.8) is 0 Å². The molecule has 2 N–H and O–H groups in total. The minimum Gasteiger partial charge on any atom is -0.354 e. The highest BCUT2D eigenvalue weighted by atomic mass is 35.5. The molecule has 0 spiro atoms. The summed E-state index contributed by atoms with van der Waals surface area (Å²) in [5, 5.41) is 6.77. The Bertz CT molecular complexity index is 851. The molecule has 3 rings (SSSR count). The molecule has 2 aromatic carbocycles. The molecule has 0 aliphatic rings. The lowest BCUT2D eigenvalue weighted by molar-refractivity contribution is 0.0948. The molecule has 132 valence electrons. The van der Waals surface area contributed by atoms with E-state index in [1.807, 2.05) is 48.5 Å². The highest BCUT2D eigenvalue weighted by Crippen LogP contribution is 2.19. The smallest absolute Gasteiger partial charge is 0.269 e. The number of aromatic nitrogens is 1. The van der Waals surface area contributed by atoms with E-state index in [-0.39, 0.29) is 5.91 Å². The first kappa shape index (κ1) is 18.0. The molecular weight excluding hydrogens is 346 g/mol. The van der Waals surface area contributed by atoms with Gasteiger partial charge in [-0.3, -0.25) is 4.79 Å². The van der Waals surface area contributed by atoms with E-state index in [1.54, 1.807) is 12.3 Å². The van der Waals surface area contributed by atoms with Crippen LogP contribution in [0.4, 0.5) is 11.4 Å². The van der Waals surface area contributed by atoms with E-state index in [9.17, 15) is 4.79 Å². The van der Waals surface area contributed by atoms with Gasteiger partial charge in [-0.25, -0.2) is 4.98 Å². The van der Waals surface area contributed by atoms with Crippen LogP contribution in [0.1, 0.15) is 22.5 Å². The number of nitrogens with zero attached hydrogens (tertiary/aromatic N) is 1. The van der Waals surface area contributed by atoms with Gasteiger partial charge in [0.05, 0.1) is 11.9 Å². The number of pyridine rings is 1. The Kier molecular flexibility index (Phi) is 6.23. The van der Waals surface area contributed by atoms with Crippen molar-refractivity contribution in [1.29, 1.82) is 0 Å². The maximum absolute atomic E-state index is 12.2. The number of halogens is 1. The summed E-state index contributed by atoms with van der Waals surface area (Å²) in [6.45, 7) is 0.623. The lowest BCUT2D eigenvalue weighted by atomic mass is 10.1. The Hall–Kier alpha value is -2.85. The van der Waals surface area contributed by atoms with Crippen LogP contribution >= 0.6 is 11.6 Å². The van der Waals surface area contributed by atoms with Gasteiger partial charge in [0.15, 0.2) is 0 Å². The molecule has 0 atom stereocenters. The van der Waals surface area contributed by atoms with Gasteiger partial charge in [0.2, 0.25) is 0 Å². The van der Waals surface area contributed by atoms with Crippen LogP contribution in [-0.2, 0) is 6.42 Å². The maximum Gasteiger partial charge on any atom is 0.269 e. The summed E-state index contributed by atoms with van der Waals surface area (Å²) in [6.07, 6.45) is 3.47. The Balaban J connectivity index is 1.47. The fourth-order valence-electron chi connectivity index (χ4n) is 2.56. The van der Waals surface area contributed by atoms with Gasteiger partial charge in [-0.1, -0.05) is 48.0 Å². The largest absolute Gasteiger partial charge is 0.354 e. The monoisotopic (exact) mass is 365 g/mol. The zero-order chi connectivity index (χ0) is 18.2. The number of anilines is 2. The SMILES string of the molecule is O=C(NCCCc1ccccc1)c1ccc(Nc2cccc(Cl)c2)cn1. The van der Waals surface area contributed by atoms with Crippen LogP contribution in [0.15, 0.2) is 72.9 Å². The average Bonchev–Trinajstić information content (AvgIpc) is 2.66. The first-order chi connectivity index (χ1) is 12.7. The number of nitrogens with one attached hydrogen (secondary N) is 2.